The molecule has 2 unspecified atom stereocenters. The van der Waals surface area contributed by atoms with Crippen LogP contribution < -0.4 is 11.1 Å². The van der Waals surface area contributed by atoms with E-state index in [1.807, 2.05) is 6.92 Å². The van der Waals surface area contributed by atoms with Crippen LogP contribution in [0.25, 0.3) is 0 Å². The van der Waals surface area contributed by atoms with Gasteiger partial charge < -0.3 is 21.1 Å². The second-order valence-corrected chi connectivity index (χ2v) is 4.84. The minimum Gasteiger partial charge on any atom is -0.481 e. The maximum Gasteiger partial charge on any atom is 0.317 e. The van der Waals surface area contributed by atoms with Crippen molar-refractivity contribution in [1.82, 2.24) is 10.2 Å². The maximum absolute atomic E-state index is 11.8. The summed E-state index contributed by atoms with van der Waals surface area (Å²) in [5.74, 6) is -2.16. The molecule has 0 aromatic rings. The molecule has 3 amide bonds. The highest BCUT2D eigenvalue weighted by atomic mass is 16.4. The van der Waals surface area contributed by atoms with Crippen LogP contribution in [0, 0.1) is 11.8 Å². The van der Waals surface area contributed by atoms with E-state index in [1.54, 1.807) is 0 Å². The Bertz CT molecular complexity index is 359. The van der Waals surface area contributed by atoms with E-state index in [0.717, 1.165) is 6.42 Å². The van der Waals surface area contributed by atoms with E-state index < -0.39 is 17.8 Å². The van der Waals surface area contributed by atoms with Gasteiger partial charge in [0, 0.05) is 19.6 Å². The molecule has 1 rings (SSSR count). The summed E-state index contributed by atoms with van der Waals surface area (Å²) < 4.78 is 0. The molecular weight excluding hydrogens is 250 g/mol. The molecule has 1 heterocycles. The molecule has 1 aliphatic rings. The number of nitrogens with one attached hydrogen (secondary N) is 1. The first-order chi connectivity index (χ1) is 8.95. The highest BCUT2D eigenvalue weighted by molar-refractivity contribution is 5.80. The van der Waals surface area contributed by atoms with E-state index >= 15 is 0 Å². The van der Waals surface area contributed by atoms with Gasteiger partial charge in [-0.15, -0.1) is 0 Å². The Balaban J connectivity index is 2.39. The number of carbonyl (C=O) groups is 3. The fourth-order valence-electron chi connectivity index (χ4n) is 2.16. The molecule has 4 N–H and O–H groups in total. The van der Waals surface area contributed by atoms with Gasteiger partial charge in [-0.2, -0.15) is 0 Å². The Morgan fingerprint density at radius 3 is 2.63 bits per heavy atom. The Morgan fingerprint density at radius 2 is 2.16 bits per heavy atom. The quantitative estimate of drug-likeness (QED) is 0.631. The van der Waals surface area contributed by atoms with Crippen LogP contribution in [0.3, 0.4) is 0 Å². The average Bonchev–Trinajstić information content (AvgIpc) is 2.83. The predicted octanol–water partition coefficient (Wildman–Crippen LogP) is 0.00410. The van der Waals surface area contributed by atoms with E-state index in [4.69, 9.17) is 10.8 Å². The average molecular weight is 271 g/mol. The van der Waals surface area contributed by atoms with E-state index in [1.165, 1.54) is 4.90 Å². The van der Waals surface area contributed by atoms with Crippen LogP contribution >= 0.6 is 0 Å². The summed E-state index contributed by atoms with van der Waals surface area (Å²) in [5.41, 5.74) is 5.19. The van der Waals surface area contributed by atoms with Crippen molar-refractivity contribution in [2.24, 2.45) is 17.6 Å². The number of rotatable bonds is 6. The normalized spacial score (nSPS) is 20.1. The lowest BCUT2D eigenvalue weighted by atomic mass is 10.0. The highest BCUT2D eigenvalue weighted by Gasteiger charge is 2.30. The molecule has 19 heavy (non-hydrogen) atoms. The zero-order valence-electron chi connectivity index (χ0n) is 11.1. The van der Waals surface area contributed by atoms with Crippen LogP contribution in [0.5, 0.6) is 0 Å². The van der Waals surface area contributed by atoms with Gasteiger partial charge in [0.1, 0.15) is 0 Å². The number of primary amides is 1. The van der Waals surface area contributed by atoms with E-state index in [2.05, 4.69) is 5.32 Å². The molecule has 0 spiro atoms. The number of nitrogens with two attached hydrogens (primary N) is 1. The van der Waals surface area contributed by atoms with Crippen molar-refractivity contribution in [3.8, 4) is 0 Å². The van der Waals surface area contributed by atoms with Crippen molar-refractivity contribution < 1.29 is 19.5 Å². The fraction of sp³-hybridized carbons (Fsp3) is 0.750. The van der Waals surface area contributed by atoms with Gasteiger partial charge in [-0.1, -0.05) is 13.3 Å². The summed E-state index contributed by atoms with van der Waals surface area (Å²) in [6.45, 7) is 2.80. The van der Waals surface area contributed by atoms with Gasteiger partial charge in [0.2, 0.25) is 5.91 Å². The minimum absolute atomic E-state index is 0.111. The number of amides is 3. The standard InChI is InChI=1S/C12H21N3O4/c1-2-3-8(11(17)18)6-14-12(19)15-5-4-9(7-15)10(13)16/h8-9H,2-7H2,1H3,(H2,13,16)(H,14,19)(H,17,18). The van der Waals surface area contributed by atoms with Gasteiger partial charge in [0.15, 0.2) is 0 Å². The zero-order chi connectivity index (χ0) is 14.4. The van der Waals surface area contributed by atoms with Gasteiger partial charge in [0.05, 0.1) is 11.8 Å². The van der Waals surface area contributed by atoms with Crippen molar-refractivity contribution >= 4 is 17.9 Å². The van der Waals surface area contributed by atoms with Gasteiger partial charge in [0.25, 0.3) is 0 Å². The lowest BCUT2D eigenvalue weighted by Gasteiger charge is -2.19. The van der Waals surface area contributed by atoms with Crippen molar-refractivity contribution in [1.29, 1.82) is 0 Å². The molecule has 0 aromatic heterocycles. The molecule has 0 radical (unpaired) electrons. The first-order valence-electron chi connectivity index (χ1n) is 6.50. The molecule has 0 saturated carbocycles. The number of urea groups is 1. The van der Waals surface area contributed by atoms with Crippen molar-refractivity contribution in [3.63, 3.8) is 0 Å². The van der Waals surface area contributed by atoms with E-state index in [9.17, 15) is 14.4 Å². The molecule has 7 nitrogen and oxygen atoms in total. The zero-order valence-corrected chi connectivity index (χ0v) is 11.1. The number of hydrogen-bond donors (Lipinski definition) is 3. The summed E-state index contributed by atoms with van der Waals surface area (Å²) in [6, 6.07) is -0.328. The third-order valence-electron chi connectivity index (χ3n) is 3.36. The number of carbonyl (C=O) groups excluding carboxylic acids is 2. The third-order valence-corrected chi connectivity index (χ3v) is 3.36. The largest absolute Gasteiger partial charge is 0.481 e. The predicted molar refractivity (Wildman–Crippen MR) is 68.3 cm³/mol. The Labute approximate surface area is 112 Å². The molecule has 0 aliphatic carbocycles. The van der Waals surface area contributed by atoms with Crippen LogP contribution in [0.2, 0.25) is 0 Å². The number of nitrogens with zero attached hydrogens (tertiary/aromatic N) is 1. The summed E-state index contributed by atoms with van der Waals surface area (Å²) in [4.78, 5) is 35.2. The minimum atomic E-state index is -0.904. The number of carboxylic acids is 1. The lowest BCUT2D eigenvalue weighted by molar-refractivity contribution is -0.141. The smallest absolute Gasteiger partial charge is 0.317 e. The lowest BCUT2D eigenvalue weighted by Crippen LogP contribution is -2.42. The Morgan fingerprint density at radius 1 is 1.47 bits per heavy atom. The number of likely N-dealkylation sites (tertiary alicyclic amines) is 1. The molecule has 0 bridgehead atoms. The van der Waals surface area contributed by atoms with E-state index in [0.29, 0.717) is 25.9 Å². The van der Waals surface area contributed by atoms with Crippen molar-refractivity contribution in [2.75, 3.05) is 19.6 Å². The molecule has 7 heteroatoms. The third kappa shape index (κ3) is 4.42. The Hall–Kier alpha value is -1.79. The fourth-order valence-corrected chi connectivity index (χ4v) is 2.16. The molecule has 1 fully saturated rings. The molecular formula is C12H21N3O4. The summed E-state index contributed by atoms with van der Waals surface area (Å²) in [5, 5.41) is 11.6. The van der Waals surface area contributed by atoms with Crippen LogP contribution in [0.15, 0.2) is 0 Å². The molecule has 0 aromatic carbocycles. The molecule has 1 saturated heterocycles. The van der Waals surface area contributed by atoms with Crippen molar-refractivity contribution in [3.05, 3.63) is 0 Å². The second kappa shape index (κ2) is 6.96. The number of aliphatic carboxylic acids is 1. The first kappa shape index (κ1) is 15.3. The van der Waals surface area contributed by atoms with Gasteiger partial charge in [-0.25, -0.2) is 4.79 Å². The summed E-state index contributed by atoms with van der Waals surface area (Å²) in [7, 11) is 0. The Kier molecular flexibility index (Phi) is 5.59. The second-order valence-electron chi connectivity index (χ2n) is 4.84. The molecule has 108 valence electrons. The number of carboxylic acid groups (broad SMARTS) is 1. The van der Waals surface area contributed by atoms with Crippen molar-refractivity contribution in [2.45, 2.75) is 26.2 Å². The van der Waals surface area contributed by atoms with Crippen LogP contribution in [-0.2, 0) is 9.59 Å². The monoisotopic (exact) mass is 271 g/mol. The SMILES string of the molecule is CCCC(CNC(=O)N1CCC(C(N)=O)C1)C(=O)O. The van der Waals surface area contributed by atoms with Gasteiger partial charge in [-0.05, 0) is 12.8 Å². The van der Waals surface area contributed by atoms with Gasteiger partial charge in [-0.3, -0.25) is 9.59 Å². The van der Waals surface area contributed by atoms with Crippen LogP contribution in [0.4, 0.5) is 4.79 Å². The maximum atomic E-state index is 11.8. The first-order valence-corrected chi connectivity index (χ1v) is 6.50. The summed E-state index contributed by atoms with van der Waals surface area (Å²) in [6.07, 6.45) is 1.85. The van der Waals surface area contributed by atoms with E-state index in [-0.39, 0.29) is 18.5 Å². The molecule has 1 aliphatic heterocycles. The van der Waals surface area contributed by atoms with Gasteiger partial charge >= 0.3 is 12.0 Å². The molecule has 2 atom stereocenters. The van der Waals surface area contributed by atoms with Crippen LogP contribution in [0.1, 0.15) is 26.2 Å². The number of hydrogen-bond acceptors (Lipinski definition) is 3. The highest BCUT2D eigenvalue weighted by Crippen LogP contribution is 2.15. The topological polar surface area (TPSA) is 113 Å². The van der Waals surface area contributed by atoms with Crippen LogP contribution in [-0.4, -0.2) is 47.5 Å². The summed E-state index contributed by atoms with van der Waals surface area (Å²) >= 11 is 0.